The van der Waals surface area contributed by atoms with Crippen LogP contribution in [0.25, 0.3) is 17.1 Å². The van der Waals surface area contributed by atoms with Crippen molar-refractivity contribution < 1.29 is 17.6 Å². The SMILES string of the molecule is CNS(=O)(=O)c1cccc(CNC(=O)c2cn(-c3ccccc3)nc2-c2ccc(C)o2)c1. The summed E-state index contributed by atoms with van der Waals surface area (Å²) < 4.78 is 33.7. The van der Waals surface area contributed by atoms with Crippen molar-refractivity contribution in [2.45, 2.75) is 18.4 Å². The zero-order valence-electron chi connectivity index (χ0n) is 17.6. The Morgan fingerprint density at radius 2 is 1.84 bits per heavy atom. The van der Waals surface area contributed by atoms with Crippen LogP contribution in [0.5, 0.6) is 0 Å². The summed E-state index contributed by atoms with van der Waals surface area (Å²) in [6.07, 6.45) is 1.65. The van der Waals surface area contributed by atoms with Crippen LogP contribution in [0.2, 0.25) is 0 Å². The summed E-state index contributed by atoms with van der Waals surface area (Å²) >= 11 is 0. The first kappa shape index (κ1) is 21.5. The van der Waals surface area contributed by atoms with Gasteiger partial charge in [0.25, 0.3) is 5.91 Å². The third kappa shape index (κ3) is 4.48. The molecule has 0 aliphatic heterocycles. The number of aromatic nitrogens is 2. The summed E-state index contributed by atoms with van der Waals surface area (Å²) in [6, 6.07) is 19.4. The van der Waals surface area contributed by atoms with Crippen molar-refractivity contribution in [2.75, 3.05) is 7.05 Å². The molecule has 2 aromatic heterocycles. The molecule has 0 saturated carbocycles. The molecule has 32 heavy (non-hydrogen) atoms. The first-order valence-corrected chi connectivity index (χ1v) is 11.4. The van der Waals surface area contributed by atoms with Gasteiger partial charge in [0.15, 0.2) is 5.76 Å². The topological polar surface area (TPSA) is 106 Å². The lowest BCUT2D eigenvalue weighted by molar-refractivity contribution is 0.0951. The Balaban J connectivity index is 1.62. The minimum absolute atomic E-state index is 0.135. The van der Waals surface area contributed by atoms with E-state index < -0.39 is 10.0 Å². The Labute approximate surface area is 185 Å². The zero-order chi connectivity index (χ0) is 22.7. The van der Waals surface area contributed by atoms with Crippen molar-refractivity contribution in [1.82, 2.24) is 19.8 Å². The van der Waals surface area contributed by atoms with Gasteiger partial charge in [-0.15, -0.1) is 0 Å². The molecule has 0 radical (unpaired) electrons. The molecule has 1 amide bonds. The Kier molecular flexibility index (Phi) is 5.93. The minimum Gasteiger partial charge on any atom is -0.460 e. The predicted octanol–water partition coefficient (Wildman–Crippen LogP) is 3.28. The Morgan fingerprint density at radius 3 is 2.53 bits per heavy atom. The molecule has 0 aliphatic rings. The molecule has 0 unspecified atom stereocenters. The molecule has 0 spiro atoms. The van der Waals surface area contributed by atoms with Crippen LogP contribution in [0.3, 0.4) is 0 Å². The number of hydrogen-bond donors (Lipinski definition) is 2. The van der Waals surface area contributed by atoms with Gasteiger partial charge in [-0.1, -0.05) is 30.3 Å². The van der Waals surface area contributed by atoms with E-state index in [-0.39, 0.29) is 17.3 Å². The second-order valence-electron chi connectivity index (χ2n) is 7.12. The highest BCUT2D eigenvalue weighted by molar-refractivity contribution is 7.89. The molecular weight excluding hydrogens is 428 g/mol. The normalized spacial score (nSPS) is 11.4. The number of carbonyl (C=O) groups excluding carboxylic acids is 1. The molecule has 0 aliphatic carbocycles. The molecule has 2 heterocycles. The Hall–Kier alpha value is -3.69. The Morgan fingerprint density at radius 1 is 1.06 bits per heavy atom. The fraction of sp³-hybridized carbons (Fsp3) is 0.130. The number of sulfonamides is 1. The molecule has 4 rings (SSSR count). The van der Waals surface area contributed by atoms with Crippen LogP contribution in [0.15, 0.2) is 82.2 Å². The number of carbonyl (C=O) groups is 1. The lowest BCUT2D eigenvalue weighted by Gasteiger charge is -2.07. The molecule has 0 atom stereocenters. The second kappa shape index (κ2) is 8.81. The summed E-state index contributed by atoms with van der Waals surface area (Å²) in [7, 11) is -2.21. The summed E-state index contributed by atoms with van der Waals surface area (Å²) in [4.78, 5) is 13.2. The highest BCUT2D eigenvalue weighted by Crippen LogP contribution is 2.26. The number of nitrogens with one attached hydrogen (secondary N) is 2. The number of hydrogen-bond acceptors (Lipinski definition) is 5. The zero-order valence-corrected chi connectivity index (χ0v) is 18.4. The second-order valence-corrected chi connectivity index (χ2v) is 9.01. The van der Waals surface area contributed by atoms with Crippen LogP contribution in [-0.2, 0) is 16.6 Å². The van der Waals surface area contributed by atoms with Crippen molar-refractivity contribution in [1.29, 1.82) is 0 Å². The van der Waals surface area contributed by atoms with Crippen LogP contribution in [-0.4, -0.2) is 31.2 Å². The molecule has 0 saturated heterocycles. The quantitative estimate of drug-likeness (QED) is 0.449. The molecule has 4 aromatic rings. The van der Waals surface area contributed by atoms with Gasteiger partial charge in [0.2, 0.25) is 10.0 Å². The largest absolute Gasteiger partial charge is 0.460 e. The van der Waals surface area contributed by atoms with Gasteiger partial charge in [0.05, 0.1) is 16.1 Å². The maximum absolute atomic E-state index is 13.1. The first-order valence-electron chi connectivity index (χ1n) is 9.90. The average molecular weight is 451 g/mol. The van der Waals surface area contributed by atoms with Crippen LogP contribution in [0, 0.1) is 6.92 Å². The number of furan rings is 1. The Bertz CT molecular complexity index is 1360. The van der Waals surface area contributed by atoms with E-state index in [1.54, 1.807) is 29.1 Å². The van der Waals surface area contributed by atoms with Crippen molar-refractivity contribution >= 4 is 15.9 Å². The monoisotopic (exact) mass is 450 g/mol. The smallest absolute Gasteiger partial charge is 0.255 e. The van der Waals surface area contributed by atoms with E-state index in [1.807, 2.05) is 43.3 Å². The molecule has 164 valence electrons. The fourth-order valence-corrected chi connectivity index (χ4v) is 4.01. The van der Waals surface area contributed by atoms with Gasteiger partial charge in [-0.2, -0.15) is 5.10 Å². The summed E-state index contributed by atoms with van der Waals surface area (Å²) in [5, 5.41) is 7.42. The number of nitrogens with zero attached hydrogens (tertiary/aromatic N) is 2. The van der Waals surface area contributed by atoms with Gasteiger partial charge < -0.3 is 9.73 Å². The highest BCUT2D eigenvalue weighted by atomic mass is 32.2. The molecule has 2 aromatic carbocycles. The third-order valence-electron chi connectivity index (χ3n) is 4.88. The van der Waals surface area contributed by atoms with E-state index in [0.29, 0.717) is 28.3 Å². The summed E-state index contributed by atoms with van der Waals surface area (Å²) in [5.74, 6) is 0.853. The van der Waals surface area contributed by atoms with Crippen molar-refractivity contribution in [3.8, 4) is 17.1 Å². The van der Waals surface area contributed by atoms with E-state index in [1.165, 1.54) is 19.2 Å². The van der Waals surface area contributed by atoms with E-state index in [0.717, 1.165) is 5.69 Å². The van der Waals surface area contributed by atoms with Crippen LogP contribution >= 0.6 is 0 Å². The van der Waals surface area contributed by atoms with Crippen LogP contribution < -0.4 is 10.0 Å². The van der Waals surface area contributed by atoms with Crippen molar-refractivity contribution in [3.63, 3.8) is 0 Å². The van der Waals surface area contributed by atoms with Crippen molar-refractivity contribution in [2.24, 2.45) is 0 Å². The van der Waals surface area contributed by atoms with Gasteiger partial charge in [-0.05, 0) is 55.9 Å². The maximum Gasteiger partial charge on any atom is 0.255 e. The predicted molar refractivity (Wildman–Crippen MR) is 120 cm³/mol. The molecule has 8 nitrogen and oxygen atoms in total. The molecular formula is C23H22N4O4S. The van der Waals surface area contributed by atoms with Gasteiger partial charge in [0, 0.05) is 12.7 Å². The van der Waals surface area contributed by atoms with Gasteiger partial charge in [-0.25, -0.2) is 17.8 Å². The van der Waals surface area contributed by atoms with E-state index >= 15 is 0 Å². The summed E-state index contributed by atoms with van der Waals surface area (Å²) in [5.41, 5.74) is 2.23. The van der Waals surface area contributed by atoms with Gasteiger partial charge >= 0.3 is 0 Å². The molecule has 9 heteroatoms. The van der Waals surface area contributed by atoms with Crippen LogP contribution in [0.1, 0.15) is 21.7 Å². The lowest BCUT2D eigenvalue weighted by atomic mass is 10.2. The number of para-hydroxylation sites is 1. The van der Waals surface area contributed by atoms with E-state index in [9.17, 15) is 13.2 Å². The lowest BCUT2D eigenvalue weighted by Crippen LogP contribution is -2.23. The third-order valence-corrected chi connectivity index (χ3v) is 6.30. The summed E-state index contributed by atoms with van der Waals surface area (Å²) in [6.45, 7) is 1.97. The number of aryl methyl sites for hydroxylation is 1. The average Bonchev–Trinajstić information content (AvgIpc) is 3.45. The standard InChI is InChI=1S/C23H22N4O4S/c1-16-11-12-21(31-16)22-20(15-27(26-22)18-8-4-3-5-9-18)23(28)25-14-17-7-6-10-19(13-17)32(29,30)24-2/h3-13,15,24H,14H2,1-2H3,(H,25,28). The number of rotatable bonds is 7. The minimum atomic E-state index is -3.57. The highest BCUT2D eigenvalue weighted by Gasteiger charge is 2.21. The van der Waals surface area contributed by atoms with E-state index in [2.05, 4.69) is 15.1 Å². The van der Waals surface area contributed by atoms with Crippen molar-refractivity contribution in [3.05, 3.63) is 89.8 Å². The maximum atomic E-state index is 13.1. The fourth-order valence-electron chi connectivity index (χ4n) is 3.21. The first-order chi connectivity index (χ1) is 15.4. The van der Waals surface area contributed by atoms with E-state index in [4.69, 9.17) is 4.42 Å². The molecule has 0 fully saturated rings. The van der Waals surface area contributed by atoms with Gasteiger partial charge in [0.1, 0.15) is 11.5 Å². The van der Waals surface area contributed by atoms with Gasteiger partial charge in [-0.3, -0.25) is 4.79 Å². The number of benzene rings is 2. The van der Waals surface area contributed by atoms with Crippen LogP contribution in [0.4, 0.5) is 0 Å². The number of amides is 1. The molecule has 2 N–H and O–H groups in total. The molecule has 0 bridgehead atoms.